The molecular weight excluding hydrogens is 486 g/mol. The summed E-state index contributed by atoms with van der Waals surface area (Å²) in [6.45, 7) is 1.34. The molecule has 0 aromatic heterocycles. The van der Waals surface area contributed by atoms with Crippen molar-refractivity contribution < 1.29 is 28.7 Å². The van der Waals surface area contributed by atoms with Crippen molar-refractivity contribution in [2.75, 3.05) is 11.5 Å². The molecular formula is C26H22ClN3O6. The summed E-state index contributed by atoms with van der Waals surface area (Å²) < 4.78 is 5.03. The minimum Gasteiger partial charge on any atom is -0.452 e. The number of anilines is 1. The summed E-state index contributed by atoms with van der Waals surface area (Å²) in [5.74, 6) is -3.25. The number of halogens is 1. The number of hydrogen-bond donors (Lipinski definition) is 2. The number of nitrogens with zero attached hydrogens (tertiary/aromatic N) is 1. The molecule has 1 heterocycles. The molecule has 2 aliphatic carbocycles. The first kappa shape index (κ1) is 23.7. The fourth-order valence-electron chi connectivity index (χ4n) is 5.39. The summed E-state index contributed by atoms with van der Waals surface area (Å²) in [5.41, 5.74) is 6.04. The molecule has 1 saturated heterocycles. The molecule has 10 heteroatoms. The monoisotopic (exact) mass is 507 g/mol. The van der Waals surface area contributed by atoms with E-state index in [0.717, 1.165) is 16.9 Å². The van der Waals surface area contributed by atoms with Gasteiger partial charge in [0.2, 0.25) is 11.8 Å². The van der Waals surface area contributed by atoms with Crippen LogP contribution in [0.15, 0.2) is 60.2 Å². The zero-order valence-electron chi connectivity index (χ0n) is 19.2. The first-order valence-corrected chi connectivity index (χ1v) is 11.8. The maximum absolute atomic E-state index is 13.1. The molecule has 5 rings (SSSR count). The number of carbonyl (C=O) groups excluding carboxylic acids is 5. The molecule has 0 radical (unpaired) electrons. The zero-order valence-corrected chi connectivity index (χ0v) is 20.0. The van der Waals surface area contributed by atoms with E-state index in [2.05, 4.69) is 16.9 Å². The number of carbonyl (C=O) groups is 5. The van der Waals surface area contributed by atoms with E-state index < -0.39 is 24.4 Å². The fourth-order valence-corrected chi connectivity index (χ4v) is 5.61. The molecule has 2 bridgehead atoms. The SMILES string of the molecule is CC1=C[C@H]2C[C@H]1[C@@H]1C(=O)N(c3cccc(C(=O)OCC(=O)NNC(=O)c4ccccc4Cl)c3)C(=O)[C@H]12. The fraction of sp³-hybridized carbons (Fsp3) is 0.269. The third-order valence-electron chi connectivity index (χ3n) is 6.99. The minimum absolute atomic E-state index is 0.0755. The molecule has 4 amide bonds. The van der Waals surface area contributed by atoms with Crippen LogP contribution in [-0.2, 0) is 19.1 Å². The molecule has 2 fully saturated rings. The Balaban J connectivity index is 1.19. The van der Waals surface area contributed by atoms with Gasteiger partial charge in [-0.1, -0.05) is 41.4 Å². The Labute approximate surface area is 211 Å². The van der Waals surface area contributed by atoms with E-state index in [1.54, 1.807) is 24.3 Å². The van der Waals surface area contributed by atoms with Crippen molar-refractivity contribution in [3.63, 3.8) is 0 Å². The van der Waals surface area contributed by atoms with E-state index in [4.69, 9.17) is 16.3 Å². The minimum atomic E-state index is -0.818. The highest BCUT2D eigenvalue weighted by Gasteiger charge is 2.60. The summed E-state index contributed by atoms with van der Waals surface area (Å²) in [5, 5.41) is 0.216. The summed E-state index contributed by atoms with van der Waals surface area (Å²) in [4.78, 5) is 64.1. The number of hydrogen-bond acceptors (Lipinski definition) is 6. The zero-order chi connectivity index (χ0) is 25.6. The third kappa shape index (κ3) is 4.05. The number of fused-ring (bicyclic) bond motifs is 5. The van der Waals surface area contributed by atoms with E-state index in [9.17, 15) is 24.0 Å². The van der Waals surface area contributed by atoms with E-state index >= 15 is 0 Å². The second-order valence-electron chi connectivity index (χ2n) is 9.09. The van der Waals surface area contributed by atoms with Crippen LogP contribution in [0.3, 0.4) is 0 Å². The van der Waals surface area contributed by atoms with Crippen LogP contribution in [0.2, 0.25) is 5.02 Å². The van der Waals surface area contributed by atoms with Crippen LogP contribution in [0, 0.1) is 23.7 Å². The summed E-state index contributed by atoms with van der Waals surface area (Å²) >= 11 is 5.94. The van der Waals surface area contributed by atoms with Gasteiger partial charge in [0.1, 0.15) is 0 Å². The van der Waals surface area contributed by atoms with Crippen LogP contribution in [0.1, 0.15) is 34.1 Å². The Kier molecular flexibility index (Phi) is 6.09. The van der Waals surface area contributed by atoms with E-state index in [-0.39, 0.29) is 51.6 Å². The molecule has 0 spiro atoms. The molecule has 3 aliphatic rings. The Bertz CT molecular complexity index is 1340. The van der Waals surface area contributed by atoms with Crippen molar-refractivity contribution in [2.45, 2.75) is 13.3 Å². The van der Waals surface area contributed by atoms with Crippen molar-refractivity contribution in [3.8, 4) is 0 Å². The summed E-state index contributed by atoms with van der Waals surface area (Å²) in [6.07, 6.45) is 2.93. The van der Waals surface area contributed by atoms with Gasteiger partial charge in [0, 0.05) is 0 Å². The second-order valence-corrected chi connectivity index (χ2v) is 9.50. The Hall–Kier alpha value is -3.98. The molecule has 1 saturated carbocycles. The topological polar surface area (TPSA) is 122 Å². The highest BCUT2D eigenvalue weighted by molar-refractivity contribution is 6.33. The van der Waals surface area contributed by atoms with Gasteiger partial charge in [-0.25, -0.2) is 9.69 Å². The smallest absolute Gasteiger partial charge is 0.338 e. The van der Waals surface area contributed by atoms with Gasteiger partial charge in [-0.2, -0.15) is 0 Å². The molecule has 184 valence electrons. The van der Waals surface area contributed by atoms with Gasteiger partial charge in [0.15, 0.2) is 6.61 Å². The Morgan fingerprint density at radius 2 is 1.78 bits per heavy atom. The quantitative estimate of drug-likeness (QED) is 0.278. The lowest BCUT2D eigenvalue weighted by Gasteiger charge is -2.19. The second kappa shape index (κ2) is 9.23. The molecule has 4 atom stereocenters. The van der Waals surface area contributed by atoms with Crippen LogP contribution >= 0.6 is 11.6 Å². The highest BCUT2D eigenvalue weighted by Crippen LogP contribution is 2.55. The molecule has 0 unspecified atom stereocenters. The van der Waals surface area contributed by atoms with E-state index in [1.807, 2.05) is 6.92 Å². The number of esters is 1. The van der Waals surface area contributed by atoms with Crippen molar-refractivity contribution >= 4 is 46.9 Å². The largest absolute Gasteiger partial charge is 0.452 e. The predicted molar refractivity (Wildman–Crippen MR) is 129 cm³/mol. The number of hydrazine groups is 1. The van der Waals surface area contributed by atoms with Gasteiger partial charge in [-0.3, -0.25) is 30.0 Å². The van der Waals surface area contributed by atoms with Gasteiger partial charge in [0.25, 0.3) is 11.8 Å². The lowest BCUT2D eigenvalue weighted by molar-refractivity contribution is -0.125. The number of rotatable bonds is 5. The van der Waals surface area contributed by atoms with Crippen LogP contribution in [0.4, 0.5) is 5.69 Å². The number of allylic oxidation sites excluding steroid dienone is 2. The lowest BCUT2D eigenvalue weighted by Crippen LogP contribution is -2.43. The summed E-state index contributed by atoms with van der Waals surface area (Å²) in [7, 11) is 0. The number of nitrogens with one attached hydrogen (secondary N) is 2. The van der Waals surface area contributed by atoms with Crippen LogP contribution in [-0.4, -0.2) is 36.2 Å². The van der Waals surface area contributed by atoms with Crippen molar-refractivity contribution in [2.24, 2.45) is 23.7 Å². The molecule has 2 N–H and O–H groups in total. The van der Waals surface area contributed by atoms with Gasteiger partial charge < -0.3 is 4.74 Å². The van der Waals surface area contributed by atoms with Gasteiger partial charge in [-0.15, -0.1) is 0 Å². The van der Waals surface area contributed by atoms with Gasteiger partial charge in [-0.05, 0) is 55.5 Å². The Morgan fingerprint density at radius 1 is 1.03 bits per heavy atom. The van der Waals surface area contributed by atoms with E-state index in [0.29, 0.717) is 5.69 Å². The first-order valence-electron chi connectivity index (χ1n) is 11.4. The summed E-state index contributed by atoms with van der Waals surface area (Å²) in [6, 6.07) is 12.3. The number of benzene rings is 2. The normalized spacial score (nSPS) is 23.8. The van der Waals surface area contributed by atoms with Crippen LogP contribution in [0.5, 0.6) is 0 Å². The maximum Gasteiger partial charge on any atom is 0.338 e. The first-order chi connectivity index (χ1) is 17.3. The standard InChI is InChI=1S/C26H22ClN3O6/c1-13-9-15-11-18(13)22-21(15)24(33)30(25(22)34)16-6-4-5-14(10-16)26(35)36-12-20(31)28-29-23(32)17-7-2-3-8-19(17)27/h2-10,15,18,21-22H,11-12H2,1H3,(H,28,31)(H,29,32)/t15-,18+,21-,22-/m0/s1. The highest BCUT2D eigenvalue weighted by atomic mass is 35.5. The average molecular weight is 508 g/mol. The van der Waals surface area contributed by atoms with Crippen molar-refractivity contribution in [1.29, 1.82) is 0 Å². The number of amides is 4. The van der Waals surface area contributed by atoms with E-state index in [1.165, 1.54) is 24.3 Å². The molecule has 36 heavy (non-hydrogen) atoms. The molecule has 2 aromatic carbocycles. The number of ether oxygens (including phenoxy) is 1. The lowest BCUT2D eigenvalue weighted by atomic mass is 9.82. The average Bonchev–Trinajstić information content (AvgIpc) is 3.51. The van der Waals surface area contributed by atoms with Gasteiger partial charge >= 0.3 is 5.97 Å². The predicted octanol–water partition coefficient (Wildman–Crippen LogP) is 2.66. The third-order valence-corrected chi connectivity index (χ3v) is 7.32. The van der Waals surface area contributed by atoms with Crippen molar-refractivity contribution in [3.05, 3.63) is 76.3 Å². The van der Waals surface area contributed by atoms with Crippen molar-refractivity contribution in [1.82, 2.24) is 10.9 Å². The van der Waals surface area contributed by atoms with Crippen LogP contribution < -0.4 is 15.8 Å². The molecule has 1 aliphatic heterocycles. The van der Waals surface area contributed by atoms with Gasteiger partial charge in [0.05, 0.1) is 33.7 Å². The number of imide groups is 1. The molecule has 9 nitrogen and oxygen atoms in total. The molecule has 2 aromatic rings. The Morgan fingerprint density at radius 3 is 2.56 bits per heavy atom. The maximum atomic E-state index is 13.1. The van der Waals surface area contributed by atoms with Crippen LogP contribution in [0.25, 0.3) is 0 Å².